The van der Waals surface area contributed by atoms with Crippen LogP contribution in [0.25, 0.3) is 0 Å². The van der Waals surface area contributed by atoms with Gasteiger partial charge in [-0.05, 0) is 44.6 Å². The van der Waals surface area contributed by atoms with Crippen molar-refractivity contribution in [2.24, 2.45) is 4.99 Å². The predicted octanol–water partition coefficient (Wildman–Crippen LogP) is 0.869. The number of hydrogen-bond donors (Lipinski definition) is 2. The largest absolute Gasteiger partial charge is 0.494 e. The third-order valence-electron chi connectivity index (χ3n) is 4.20. The van der Waals surface area contributed by atoms with E-state index in [0.717, 1.165) is 24.3 Å². The van der Waals surface area contributed by atoms with E-state index < -0.39 is 9.84 Å². The summed E-state index contributed by atoms with van der Waals surface area (Å²) in [6, 6.07) is 7.89. The molecule has 1 aromatic rings. The molecule has 8 heteroatoms. The Morgan fingerprint density at radius 3 is 2.62 bits per heavy atom. The molecule has 0 bridgehead atoms. The van der Waals surface area contributed by atoms with E-state index in [0.29, 0.717) is 25.5 Å². The van der Waals surface area contributed by atoms with E-state index in [2.05, 4.69) is 34.6 Å². The van der Waals surface area contributed by atoms with Gasteiger partial charge in [0.15, 0.2) is 15.8 Å². The molecule has 0 amide bonds. The highest BCUT2D eigenvalue weighted by Gasteiger charge is 2.28. The fraction of sp³-hybridized carbons (Fsp3) is 0.611. The van der Waals surface area contributed by atoms with Crippen molar-refractivity contribution >= 4 is 15.8 Å². The van der Waals surface area contributed by atoms with Crippen molar-refractivity contribution in [3.8, 4) is 5.75 Å². The van der Waals surface area contributed by atoms with Crippen LogP contribution in [0.3, 0.4) is 0 Å². The minimum Gasteiger partial charge on any atom is -0.494 e. The van der Waals surface area contributed by atoms with E-state index in [4.69, 9.17) is 4.74 Å². The molecule has 7 nitrogen and oxygen atoms in total. The summed E-state index contributed by atoms with van der Waals surface area (Å²) < 4.78 is 28.8. The Kier molecular flexibility index (Phi) is 7.71. The first kappa shape index (κ1) is 20.5. The molecular formula is C18H30N4O3S. The van der Waals surface area contributed by atoms with Crippen LogP contribution in [0.2, 0.25) is 0 Å². The van der Waals surface area contributed by atoms with Crippen molar-refractivity contribution < 1.29 is 13.2 Å². The molecule has 0 aliphatic carbocycles. The summed E-state index contributed by atoms with van der Waals surface area (Å²) in [6.07, 6.45) is 1.62. The van der Waals surface area contributed by atoms with Gasteiger partial charge in [0, 0.05) is 26.2 Å². The number of nitrogens with one attached hydrogen (secondary N) is 2. The highest BCUT2D eigenvalue weighted by molar-refractivity contribution is 7.91. The van der Waals surface area contributed by atoms with Crippen molar-refractivity contribution in [1.82, 2.24) is 15.5 Å². The number of rotatable bonds is 8. The summed E-state index contributed by atoms with van der Waals surface area (Å²) in [6.45, 7) is 2.33. The van der Waals surface area contributed by atoms with Gasteiger partial charge in [-0.3, -0.25) is 4.99 Å². The van der Waals surface area contributed by atoms with Crippen LogP contribution in [-0.2, 0) is 16.4 Å². The zero-order valence-electron chi connectivity index (χ0n) is 15.9. The molecule has 0 radical (unpaired) electrons. The molecule has 0 saturated carbocycles. The van der Waals surface area contributed by atoms with Crippen molar-refractivity contribution in [3.63, 3.8) is 0 Å². The van der Waals surface area contributed by atoms with E-state index in [9.17, 15) is 8.42 Å². The highest BCUT2D eigenvalue weighted by atomic mass is 32.2. The normalized spacial score (nSPS) is 19.5. The lowest BCUT2D eigenvalue weighted by molar-refractivity contribution is 0.281. The van der Waals surface area contributed by atoms with E-state index in [1.165, 1.54) is 0 Å². The topological polar surface area (TPSA) is 83.0 Å². The molecule has 2 N–H and O–H groups in total. The van der Waals surface area contributed by atoms with Gasteiger partial charge in [0.05, 0.1) is 18.1 Å². The maximum atomic E-state index is 11.5. The van der Waals surface area contributed by atoms with E-state index in [-0.39, 0.29) is 17.5 Å². The molecular weight excluding hydrogens is 352 g/mol. The summed E-state index contributed by atoms with van der Waals surface area (Å²) in [5.41, 5.74) is 1.10. The SMILES string of the molecule is CN=C(NCc1ccc(OCCCN(C)C)cc1)NC1CCS(=O)(=O)C1. The second-order valence-corrected chi connectivity index (χ2v) is 9.05. The van der Waals surface area contributed by atoms with Crippen LogP contribution in [0.4, 0.5) is 0 Å². The molecule has 1 fully saturated rings. The number of benzene rings is 1. The van der Waals surface area contributed by atoms with Gasteiger partial charge in [0.25, 0.3) is 0 Å². The number of ether oxygens (including phenoxy) is 1. The van der Waals surface area contributed by atoms with Crippen molar-refractivity contribution in [3.05, 3.63) is 29.8 Å². The lowest BCUT2D eigenvalue weighted by Crippen LogP contribution is -2.43. The lowest BCUT2D eigenvalue weighted by Gasteiger charge is -2.16. The molecule has 0 aromatic heterocycles. The zero-order chi connectivity index (χ0) is 19.0. The molecule has 146 valence electrons. The molecule has 1 aliphatic rings. The molecule has 26 heavy (non-hydrogen) atoms. The number of nitrogens with zero attached hydrogens (tertiary/aromatic N) is 2. The Morgan fingerprint density at radius 2 is 2.04 bits per heavy atom. The van der Waals surface area contributed by atoms with Gasteiger partial charge in [0.2, 0.25) is 0 Å². The zero-order valence-corrected chi connectivity index (χ0v) is 16.7. The quantitative estimate of drug-likeness (QED) is 0.394. The van der Waals surface area contributed by atoms with Crippen LogP contribution < -0.4 is 15.4 Å². The first-order valence-corrected chi connectivity index (χ1v) is 10.7. The standard InChI is InChI=1S/C18H30N4O3S/c1-19-18(21-16-9-12-26(23,24)14-16)20-13-15-5-7-17(8-6-15)25-11-4-10-22(2)3/h5-8,16H,4,9-14H2,1-3H3,(H2,19,20,21). The fourth-order valence-corrected chi connectivity index (χ4v) is 4.43. The lowest BCUT2D eigenvalue weighted by atomic mass is 10.2. The Morgan fingerprint density at radius 1 is 1.31 bits per heavy atom. The monoisotopic (exact) mass is 382 g/mol. The fourth-order valence-electron chi connectivity index (χ4n) is 2.76. The number of aliphatic imine (C=N–C) groups is 1. The van der Waals surface area contributed by atoms with Crippen LogP contribution in [-0.4, -0.2) is 71.1 Å². The minimum atomic E-state index is -2.90. The molecule has 2 rings (SSSR count). The van der Waals surface area contributed by atoms with Gasteiger partial charge >= 0.3 is 0 Å². The van der Waals surface area contributed by atoms with Gasteiger partial charge < -0.3 is 20.3 Å². The van der Waals surface area contributed by atoms with Gasteiger partial charge in [-0.25, -0.2) is 8.42 Å². The third-order valence-corrected chi connectivity index (χ3v) is 5.97. The Bertz CT molecular complexity index is 687. The Hall–Kier alpha value is -1.80. The molecule has 1 aromatic carbocycles. The van der Waals surface area contributed by atoms with Crippen molar-refractivity contribution in [1.29, 1.82) is 0 Å². The average Bonchev–Trinajstić information content (AvgIpc) is 2.95. The maximum Gasteiger partial charge on any atom is 0.191 e. The summed E-state index contributed by atoms with van der Waals surface area (Å²) in [4.78, 5) is 6.31. The van der Waals surface area contributed by atoms with Crippen LogP contribution in [0.15, 0.2) is 29.3 Å². The third kappa shape index (κ3) is 7.21. The Balaban J connectivity index is 1.74. The molecule has 0 spiro atoms. The van der Waals surface area contributed by atoms with E-state index in [1.807, 2.05) is 24.3 Å². The summed E-state index contributed by atoms with van der Waals surface area (Å²) in [5.74, 6) is 1.91. The van der Waals surface area contributed by atoms with Gasteiger partial charge in [0.1, 0.15) is 5.75 Å². The first-order valence-electron chi connectivity index (χ1n) is 8.92. The predicted molar refractivity (Wildman–Crippen MR) is 106 cm³/mol. The second kappa shape index (κ2) is 9.78. The van der Waals surface area contributed by atoms with Crippen LogP contribution in [0, 0.1) is 0 Å². The van der Waals surface area contributed by atoms with Gasteiger partial charge in [-0.2, -0.15) is 0 Å². The minimum absolute atomic E-state index is 0.0656. The van der Waals surface area contributed by atoms with Crippen LogP contribution in [0.1, 0.15) is 18.4 Å². The van der Waals surface area contributed by atoms with Gasteiger partial charge in [-0.15, -0.1) is 0 Å². The summed E-state index contributed by atoms with van der Waals surface area (Å²) >= 11 is 0. The highest BCUT2D eigenvalue weighted by Crippen LogP contribution is 2.13. The smallest absolute Gasteiger partial charge is 0.191 e. The number of guanidine groups is 1. The second-order valence-electron chi connectivity index (χ2n) is 6.82. The van der Waals surface area contributed by atoms with E-state index >= 15 is 0 Å². The molecule has 1 aliphatic heterocycles. The number of hydrogen-bond acceptors (Lipinski definition) is 5. The van der Waals surface area contributed by atoms with Gasteiger partial charge in [-0.1, -0.05) is 12.1 Å². The first-order chi connectivity index (χ1) is 12.4. The summed E-state index contributed by atoms with van der Waals surface area (Å²) in [7, 11) is 2.89. The van der Waals surface area contributed by atoms with Crippen molar-refractivity contribution in [2.75, 3.05) is 45.8 Å². The van der Waals surface area contributed by atoms with E-state index in [1.54, 1.807) is 7.05 Å². The summed E-state index contributed by atoms with van der Waals surface area (Å²) in [5, 5.41) is 6.40. The molecule has 1 heterocycles. The molecule has 1 saturated heterocycles. The number of sulfone groups is 1. The van der Waals surface area contributed by atoms with Crippen molar-refractivity contribution in [2.45, 2.75) is 25.4 Å². The maximum absolute atomic E-state index is 11.5. The molecule has 1 atom stereocenters. The van der Waals surface area contributed by atoms with Crippen LogP contribution >= 0.6 is 0 Å². The Labute approximate surface area is 156 Å². The average molecular weight is 383 g/mol. The van der Waals surface area contributed by atoms with Crippen LogP contribution in [0.5, 0.6) is 5.75 Å². The molecule has 1 unspecified atom stereocenters.